The number of carbonyl (C=O) groups excluding carboxylic acids is 2. The zero-order valence-corrected chi connectivity index (χ0v) is 34.4. The van der Waals surface area contributed by atoms with E-state index in [1.54, 1.807) is 7.11 Å². The van der Waals surface area contributed by atoms with E-state index in [1.807, 2.05) is 0 Å². The summed E-state index contributed by atoms with van der Waals surface area (Å²) in [7, 11) is 1.59. The van der Waals surface area contributed by atoms with Crippen LogP contribution in [0.4, 0.5) is 0 Å². The molecular weight excluding hydrogens is 766 g/mol. The van der Waals surface area contributed by atoms with Gasteiger partial charge in [0.25, 0.3) is 0 Å². The standard InChI is InChI=1S/C44H63NO14/c1-21-12-26-8-9-43(51)19-31(48)28-17-30-38(28)57-36-7-5-27-14-23(46)15-29-33(56-35(39(29)52-3)16-24(47)20-53-41(49)42(50)10-11-42)18-34-37(45-44(36,58-27)40(30)59-43)22(2)13-25(55-34)4-6-32(21)54-26/h22,24-36,38-40,47-48,50-51H,1,4-20H2,2-3H3/t22-,24+,25+,26+,27-,28+,29+,30-,31-,32+,33+,34-,35-,36+,38+,39-,40-,43+,44+/m1/s1. The molecule has 10 heterocycles. The summed E-state index contributed by atoms with van der Waals surface area (Å²) in [5.41, 5.74) is -0.982. The molecule has 2 aliphatic carbocycles. The Kier molecular flexibility index (Phi) is 10.8. The van der Waals surface area contributed by atoms with Crippen LogP contribution in [0.25, 0.3) is 0 Å². The highest BCUT2D eigenvalue weighted by Crippen LogP contribution is 2.58. The highest BCUT2D eigenvalue weighted by molar-refractivity contribution is 5.92. The Bertz CT molecular complexity index is 1690. The molecule has 12 aliphatic rings. The van der Waals surface area contributed by atoms with Crippen molar-refractivity contribution in [2.75, 3.05) is 13.7 Å². The van der Waals surface area contributed by atoms with E-state index in [2.05, 4.69) is 13.5 Å². The SMILES string of the molecule is C=C1C[C@@H]2CC[C@@]3(O)C[C@@H](O)[C@@H]4C[C@@H]5[C@H]4O[C@H]4CC[C@@H]6CC(=O)C[C@@H]7[C@@H](OC)[C@@H](C[C@H](O)COC(=O)C8(O)CC8)O[C@H]7C[C@H]7O[C@@H](CC[C@@H]1O2)C[C@@H](C)C7=N[C@@]4(O6)[C@@H]5O3. The molecule has 59 heavy (non-hydrogen) atoms. The van der Waals surface area contributed by atoms with Crippen molar-refractivity contribution in [3.05, 3.63) is 12.2 Å². The summed E-state index contributed by atoms with van der Waals surface area (Å²) in [6.45, 7) is 6.25. The molecule has 7 saturated heterocycles. The Labute approximate surface area is 345 Å². The normalized spacial score (nSPS) is 50.4. The molecule has 12 bridgehead atoms. The summed E-state index contributed by atoms with van der Waals surface area (Å²) in [6.07, 6.45) is 0.486. The molecule has 0 amide bonds. The van der Waals surface area contributed by atoms with Gasteiger partial charge in [0.05, 0.1) is 67.1 Å². The van der Waals surface area contributed by atoms with Gasteiger partial charge in [-0.1, -0.05) is 13.5 Å². The van der Waals surface area contributed by atoms with Crippen molar-refractivity contribution in [1.29, 1.82) is 0 Å². The van der Waals surface area contributed by atoms with E-state index in [-0.39, 0.29) is 92.6 Å². The van der Waals surface area contributed by atoms with Crippen LogP contribution in [0.1, 0.15) is 110 Å². The summed E-state index contributed by atoms with van der Waals surface area (Å²) in [6, 6.07) is 0. The first-order valence-corrected chi connectivity index (χ1v) is 22.5. The number of carbonyl (C=O) groups is 2. The minimum Gasteiger partial charge on any atom is -0.461 e. The van der Waals surface area contributed by atoms with Crippen LogP contribution < -0.4 is 0 Å². The van der Waals surface area contributed by atoms with Gasteiger partial charge in [-0.2, -0.15) is 0 Å². The van der Waals surface area contributed by atoms with Crippen LogP contribution in [0.15, 0.2) is 17.1 Å². The summed E-state index contributed by atoms with van der Waals surface area (Å²) in [5, 5.41) is 45.2. The quantitative estimate of drug-likeness (QED) is 0.225. The molecule has 328 valence electrons. The molecule has 12 rings (SSSR count). The number of Topliss-reactive ketones (excluding diaryl/α,β-unsaturated/α-hetero) is 1. The fourth-order valence-electron chi connectivity index (χ4n) is 12.4. The summed E-state index contributed by atoms with van der Waals surface area (Å²) < 4.78 is 53.0. The van der Waals surface area contributed by atoms with Gasteiger partial charge in [-0.3, -0.25) is 9.79 Å². The van der Waals surface area contributed by atoms with Gasteiger partial charge in [0, 0.05) is 69.1 Å². The van der Waals surface area contributed by atoms with Gasteiger partial charge in [0.15, 0.2) is 11.4 Å². The Morgan fingerprint density at radius 3 is 2.49 bits per heavy atom. The lowest BCUT2D eigenvalue weighted by molar-refractivity contribution is -0.396. The van der Waals surface area contributed by atoms with Gasteiger partial charge >= 0.3 is 5.97 Å². The monoisotopic (exact) mass is 829 g/mol. The number of rotatable bonds is 6. The molecule has 0 unspecified atom stereocenters. The van der Waals surface area contributed by atoms with Crippen molar-refractivity contribution in [2.24, 2.45) is 28.7 Å². The zero-order valence-electron chi connectivity index (χ0n) is 34.4. The maximum absolute atomic E-state index is 14.2. The van der Waals surface area contributed by atoms with Crippen molar-refractivity contribution in [3.8, 4) is 0 Å². The van der Waals surface area contributed by atoms with Gasteiger partial charge in [-0.05, 0) is 75.7 Å². The van der Waals surface area contributed by atoms with E-state index in [1.165, 1.54) is 0 Å². The van der Waals surface area contributed by atoms with Gasteiger partial charge in [0.1, 0.15) is 24.6 Å². The van der Waals surface area contributed by atoms with Crippen molar-refractivity contribution in [2.45, 2.75) is 206 Å². The number of aliphatic imine (C=N–C) groups is 1. The maximum Gasteiger partial charge on any atom is 0.338 e. The third-order valence-electron chi connectivity index (χ3n) is 15.7. The fraction of sp³-hybridized carbons (Fsp3) is 0.886. The number of ether oxygens (including phenoxy) is 8. The molecule has 0 aromatic rings. The average molecular weight is 830 g/mol. The van der Waals surface area contributed by atoms with E-state index in [0.717, 1.165) is 30.5 Å². The van der Waals surface area contributed by atoms with Gasteiger partial charge < -0.3 is 58.3 Å². The molecule has 15 heteroatoms. The molecule has 0 aromatic heterocycles. The van der Waals surface area contributed by atoms with Crippen LogP contribution in [-0.2, 0) is 47.5 Å². The summed E-state index contributed by atoms with van der Waals surface area (Å²) in [4.78, 5) is 32.3. The molecule has 9 fully saturated rings. The van der Waals surface area contributed by atoms with Crippen molar-refractivity contribution in [3.63, 3.8) is 0 Å². The highest BCUT2D eigenvalue weighted by atomic mass is 16.7. The van der Waals surface area contributed by atoms with Crippen molar-refractivity contribution in [1.82, 2.24) is 0 Å². The van der Waals surface area contributed by atoms with E-state index < -0.39 is 78.0 Å². The second-order valence-corrected chi connectivity index (χ2v) is 19.9. The van der Waals surface area contributed by atoms with Crippen LogP contribution in [0.2, 0.25) is 0 Å². The first-order chi connectivity index (χ1) is 28.2. The Balaban J connectivity index is 1.02. The topological polar surface area (TPSA) is 201 Å². The summed E-state index contributed by atoms with van der Waals surface area (Å²) >= 11 is 0. The Hall–Kier alpha value is -1.89. The smallest absolute Gasteiger partial charge is 0.338 e. The lowest BCUT2D eigenvalue weighted by Gasteiger charge is -2.64. The second kappa shape index (κ2) is 15.4. The maximum atomic E-state index is 14.2. The second-order valence-electron chi connectivity index (χ2n) is 19.9. The number of methoxy groups -OCH3 is 1. The van der Waals surface area contributed by atoms with E-state index in [4.69, 9.17) is 42.9 Å². The molecule has 2 saturated carbocycles. The number of esters is 1. The van der Waals surface area contributed by atoms with Crippen LogP contribution in [0, 0.1) is 23.7 Å². The molecule has 0 radical (unpaired) electrons. The van der Waals surface area contributed by atoms with Crippen LogP contribution in [0.3, 0.4) is 0 Å². The fourth-order valence-corrected chi connectivity index (χ4v) is 12.4. The molecule has 19 atom stereocenters. The lowest BCUT2D eigenvalue weighted by atomic mass is 9.60. The van der Waals surface area contributed by atoms with Gasteiger partial charge in [-0.15, -0.1) is 0 Å². The molecule has 4 N–H and O–H groups in total. The molecule has 15 nitrogen and oxygen atoms in total. The first-order valence-electron chi connectivity index (χ1n) is 22.5. The largest absolute Gasteiger partial charge is 0.461 e. The molecule has 1 spiro atoms. The molecule has 0 aromatic carbocycles. The number of nitrogens with zero attached hydrogens (tertiary/aromatic N) is 1. The molecular formula is C44H63NO14. The van der Waals surface area contributed by atoms with Crippen LogP contribution in [0.5, 0.6) is 0 Å². The predicted octanol–water partition coefficient (Wildman–Crippen LogP) is 2.60. The van der Waals surface area contributed by atoms with E-state index in [9.17, 15) is 30.0 Å². The minimum atomic E-state index is -1.67. The third kappa shape index (κ3) is 7.49. The predicted molar refractivity (Wildman–Crippen MR) is 206 cm³/mol. The van der Waals surface area contributed by atoms with Crippen molar-refractivity contribution >= 4 is 17.5 Å². The first kappa shape index (κ1) is 41.1. The number of fused-ring (bicyclic) bond motifs is 6. The van der Waals surface area contributed by atoms with Crippen LogP contribution in [-0.4, -0.2) is 148 Å². The highest BCUT2D eigenvalue weighted by Gasteiger charge is 2.69. The zero-order chi connectivity index (χ0) is 41.0. The van der Waals surface area contributed by atoms with Gasteiger partial charge in [0.2, 0.25) is 5.72 Å². The van der Waals surface area contributed by atoms with Crippen molar-refractivity contribution < 1.29 is 67.9 Å². The minimum absolute atomic E-state index is 0.00740. The number of aliphatic hydroxyl groups excluding tert-OH is 2. The number of hydrogen-bond acceptors (Lipinski definition) is 15. The average Bonchev–Trinajstić information content (AvgIpc) is 3.71. The number of hydrogen-bond donors (Lipinski definition) is 4. The Morgan fingerprint density at radius 2 is 1.69 bits per heavy atom. The van der Waals surface area contributed by atoms with Crippen LogP contribution >= 0.6 is 0 Å². The van der Waals surface area contributed by atoms with E-state index >= 15 is 0 Å². The lowest BCUT2D eigenvalue weighted by Crippen LogP contribution is -2.75. The molecule has 10 aliphatic heterocycles. The third-order valence-corrected chi connectivity index (χ3v) is 15.7. The summed E-state index contributed by atoms with van der Waals surface area (Å²) in [5.74, 6) is -3.16. The van der Waals surface area contributed by atoms with Gasteiger partial charge in [-0.25, -0.2) is 4.79 Å². The number of aliphatic hydroxyl groups is 4. The Morgan fingerprint density at radius 1 is 0.898 bits per heavy atom. The van der Waals surface area contributed by atoms with E-state index in [0.29, 0.717) is 51.4 Å². The number of ketones is 1.